The summed E-state index contributed by atoms with van der Waals surface area (Å²) in [6.07, 6.45) is 0. The van der Waals surface area contributed by atoms with Gasteiger partial charge in [0.1, 0.15) is 16.6 Å². The van der Waals surface area contributed by atoms with E-state index in [-0.39, 0.29) is 10.0 Å². The van der Waals surface area contributed by atoms with E-state index in [1.54, 1.807) is 19.2 Å². The molecule has 11 heteroatoms. The Labute approximate surface area is 170 Å². The first-order chi connectivity index (χ1) is 13.8. The van der Waals surface area contributed by atoms with Gasteiger partial charge in [-0.05, 0) is 55.5 Å². The molecule has 1 atom stereocenters. The van der Waals surface area contributed by atoms with Crippen molar-refractivity contribution in [2.75, 3.05) is 12.4 Å². The molecule has 8 nitrogen and oxygen atoms in total. The Kier molecular flexibility index (Phi) is 6.20. The average molecular weight is 436 g/mol. The fourth-order valence-electron chi connectivity index (χ4n) is 2.31. The third kappa shape index (κ3) is 5.13. The topological polar surface area (TPSA) is 110 Å². The highest BCUT2D eigenvalue weighted by Gasteiger charge is 2.23. The van der Waals surface area contributed by atoms with Crippen molar-refractivity contribution in [3.05, 3.63) is 54.3 Å². The molecule has 0 bridgehead atoms. The van der Waals surface area contributed by atoms with Crippen molar-refractivity contribution in [1.82, 2.24) is 14.9 Å². The predicted octanol–water partition coefficient (Wildman–Crippen LogP) is 2.66. The number of sulfonamides is 1. The number of anilines is 1. The van der Waals surface area contributed by atoms with Crippen molar-refractivity contribution in [2.24, 2.45) is 0 Å². The second-order valence-corrected chi connectivity index (χ2v) is 8.62. The van der Waals surface area contributed by atoms with Crippen molar-refractivity contribution in [2.45, 2.75) is 17.9 Å². The number of ether oxygens (including phenoxy) is 1. The molecular weight excluding hydrogens is 419 g/mol. The van der Waals surface area contributed by atoms with Crippen molar-refractivity contribution in [3.8, 4) is 16.3 Å². The molecule has 3 rings (SSSR count). The van der Waals surface area contributed by atoms with Gasteiger partial charge in [-0.25, -0.2) is 12.8 Å². The van der Waals surface area contributed by atoms with E-state index < -0.39 is 27.8 Å². The Balaban J connectivity index is 1.65. The van der Waals surface area contributed by atoms with Gasteiger partial charge in [-0.1, -0.05) is 11.3 Å². The number of halogens is 1. The van der Waals surface area contributed by atoms with Gasteiger partial charge in [0, 0.05) is 5.56 Å². The van der Waals surface area contributed by atoms with E-state index >= 15 is 0 Å². The number of nitrogens with zero attached hydrogens (tertiary/aromatic N) is 2. The lowest BCUT2D eigenvalue weighted by Crippen LogP contribution is -2.41. The first-order valence-electron chi connectivity index (χ1n) is 8.35. The van der Waals surface area contributed by atoms with Crippen LogP contribution in [0.4, 0.5) is 9.52 Å². The highest BCUT2D eigenvalue weighted by atomic mass is 32.2. The zero-order valence-corrected chi connectivity index (χ0v) is 17.1. The van der Waals surface area contributed by atoms with Crippen LogP contribution in [0.5, 0.6) is 5.75 Å². The molecule has 152 valence electrons. The molecule has 0 aliphatic carbocycles. The normalized spacial score (nSPS) is 12.4. The number of aromatic nitrogens is 2. The van der Waals surface area contributed by atoms with Gasteiger partial charge in [-0.3, -0.25) is 10.1 Å². The van der Waals surface area contributed by atoms with Crippen LogP contribution in [0, 0.1) is 5.82 Å². The van der Waals surface area contributed by atoms with Crippen molar-refractivity contribution in [3.63, 3.8) is 0 Å². The monoisotopic (exact) mass is 436 g/mol. The zero-order valence-electron chi connectivity index (χ0n) is 15.4. The lowest BCUT2D eigenvalue weighted by molar-refractivity contribution is -0.117. The molecule has 0 saturated heterocycles. The number of benzene rings is 2. The van der Waals surface area contributed by atoms with E-state index in [1.807, 2.05) is 12.1 Å². The second kappa shape index (κ2) is 8.64. The van der Waals surface area contributed by atoms with Crippen molar-refractivity contribution in [1.29, 1.82) is 0 Å². The molecule has 2 N–H and O–H groups in total. The molecule has 3 aromatic rings. The SMILES string of the molecule is COc1ccc(-c2nnc(NC(=O)C(C)NS(=O)(=O)c3ccc(F)cc3)s2)cc1. The highest BCUT2D eigenvalue weighted by Crippen LogP contribution is 2.27. The molecule has 0 aliphatic rings. The van der Waals surface area contributed by atoms with Crippen LogP contribution in [0.15, 0.2) is 53.4 Å². The zero-order chi connectivity index (χ0) is 21.0. The van der Waals surface area contributed by atoms with Crippen molar-refractivity contribution >= 4 is 32.4 Å². The van der Waals surface area contributed by atoms with Gasteiger partial charge in [-0.15, -0.1) is 10.2 Å². The number of hydrogen-bond acceptors (Lipinski definition) is 7. The maximum atomic E-state index is 13.0. The number of carbonyl (C=O) groups excluding carboxylic acids is 1. The standard InChI is InChI=1S/C18H17FN4O4S2/c1-11(23-29(25,26)15-9-5-13(19)6-10-15)16(24)20-18-22-21-17(28-18)12-3-7-14(27-2)8-4-12/h3-11,23H,1-2H3,(H,20,22,24). The maximum Gasteiger partial charge on any atom is 0.244 e. The Morgan fingerprint density at radius 1 is 1.10 bits per heavy atom. The van der Waals surface area contributed by atoms with Gasteiger partial charge in [0.15, 0.2) is 0 Å². The number of rotatable bonds is 7. The molecule has 0 saturated carbocycles. The van der Waals surface area contributed by atoms with Crippen molar-refractivity contribution < 1.29 is 22.3 Å². The molecule has 1 heterocycles. The number of nitrogens with one attached hydrogen (secondary N) is 2. The Morgan fingerprint density at radius 2 is 1.76 bits per heavy atom. The van der Waals surface area contributed by atoms with Gasteiger partial charge in [-0.2, -0.15) is 4.72 Å². The Bertz CT molecular complexity index is 1100. The van der Waals surface area contributed by atoms with E-state index in [0.717, 1.165) is 41.2 Å². The molecule has 1 aromatic heterocycles. The van der Waals surface area contributed by atoms with Gasteiger partial charge in [0.05, 0.1) is 18.0 Å². The van der Waals surface area contributed by atoms with Gasteiger partial charge < -0.3 is 4.74 Å². The van der Waals surface area contributed by atoms with Crippen LogP contribution in [-0.4, -0.2) is 37.7 Å². The molecule has 1 unspecified atom stereocenters. The highest BCUT2D eigenvalue weighted by molar-refractivity contribution is 7.89. The van der Waals surface area contributed by atoms with Crippen LogP contribution in [0.1, 0.15) is 6.92 Å². The first-order valence-corrected chi connectivity index (χ1v) is 10.6. The van der Waals surface area contributed by atoms with Crippen LogP contribution < -0.4 is 14.8 Å². The first kappa shape index (κ1) is 20.8. The van der Waals surface area contributed by atoms with Crippen LogP contribution in [0.2, 0.25) is 0 Å². The minimum atomic E-state index is -3.98. The van der Waals surface area contributed by atoms with Gasteiger partial charge in [0.2, 0.25) is 21.1 Å². The van der Waals surface area contributed by atoms with E-state index in [9.17, 15) is 17.6 Å². The molecule has 0 aliphatic heterocycles. The summed E-state index contributed by atoms with van der Waals surface area (Å²) in [7, 11) is -2.41. The van der Waals surface area contributed by atoms with E-state index in [1.165, 1.54) is 6.92 Å². The Morgan fingerprint density at radius 3 is 2.38 bits per heavy atom. The lowest BCUT2D eigenvalue weighted by Gasteiger charge is -2.13. The summed E-state index contributed by atoms with van der Waals surface area (Å²) in [6, 6.07) is 10.4. The quantitative estimate of drug-likeness (QED) is 0.589. The minimum Gasteiger partial charge on any atom is -0.497 e. The molecule has 0 radical (unpaired) electrons. The summed E-state index contributed by atoms with van der Waals surface area (Å²) in [4.78, 5) is 12.2. The number of hydrogen-bond donors (Lipinski definition) is 2. The minimum absolute atomic E-state index is 0.142. The fourth-order valence-corrected chi connectivity index (χ4v) is 4.26. The Hall–Kier alpha value is -2.89. The summed E-state index contributed by atoms with van der Waals surface area (Å²) < 4.78 is 44.9. The lowest BCUT2D eigenvalue weighted by atomic mass is 10.2. The number of carbonyl (C=O) groups is 1. The fraction of sp³-hybridized carbons (Fsp3) is 0.167. The smallest absolute Gasteiger partial charge is 0.244 e. The van der Waals surface area contributed by atoms with Crippen LogP contribution in [0.25, 0.3) is 10.6 Å². The number of methoxy groups -OCH3 is 1. The second-order valence-electron chi connectivity index (χ2n) is 5.93. The molecule has 2 aromatic carbocycles. The van der Waals surface area contributed by atoms with Crippen LogP contribution >= 0.6 is 11.3 Å². The van der Waals surface area contributed by atoms with Gasteiger partial charge >= 0.3 is 0 Å². The summed E-state index contributed by atoms with van der Waals surface area (Å²) in [5, 5.41) is 11.3. The number of amides is 1. The van der Waals surface area contributed by atoms with E-state index in [0.29, 0.717) is 10.8 Å². The average Bonchev–Trinajstić information content (AvgIpc) is 3.16. The third-order valence-corrected chi connectivity index (χ3v) is 6.29. The van der Waals surface area contributed by atoms with E-state index in [2.05, 4.69) is 20.2 Å². The molecule has 0 spiro atoms. The largest absolute Gasteiger partial charge is 0.497 e. The van der Waals surface area contributed by atoms with Gasteiger partial charge in [0.25, 0.3) is 0 Å². The predicted molar refractivity (Wildman–Crippen MR) is 107 cm³/mol. The summed E-state index contributed by atoms with van der Waals surface area (Å²) in [5.74, 6) is -0.458. The molecule has 0 fully saturated rings. The summed E-state index contributed by atoms with van der Waals surface area (Å²) in [6.45, 7) is 1.39. The molecular formula is C18H17FN4O4S2. The maximum absolute atomic E-state index is 13.0. The summed E-state index contributed by atoms with van der Waals surface area (Å²) in [5.41, 5.74) is 0.800. The van der Waals surface area contributed by atoms with Crippen LogP contribution in [-0.2, 0) is 14.8 Å². The molecule has 1 amide bonds. The third-order valence-electron chi connectivity index (χ3n) is 3.84. The molecule has 29 heavy (non-hydrogen) atoms. The van der Waals surface area contributed by atoms with E-state index in [4.69, 9.17) is 4.74 Å². The van der Waals surface area contributed by atoms with Crippen LogP contribution in [0.3, 0.4) is 0 Å². The summed E-state index contributed by atoms with van der Waals surface area (Å²) >= 11 is 1.15.